The first kappa shape index (κ1) is 18.2. The van der Waals surface area contributed by atoms with Gasteiger partial charge in [0.25, 0.3) is 0 Å². The van der Waals surface area contributed by atoms with Gasteiger partial charge in [0, 0.05) is 57.6 Å². The van der Waals surface area contributed by atoms with Crippen LogP contribution < -0.4 is 0 Å². The normalized spacial score (nSPS) is 26.0. The fourth-order valence-corrected chi connectivity index (χ4v) is 5.70. The average Bonchev–Trinajstić information content (AvgIpc) is 3.10. The molecule has 0 saturated carbocycles. The van der Waals surface area contributed by atoms with Crippen LogP contribution in [0.5, 0.6) is 0 Å². The first-order chi connectivity index (χ1) is 11.7. The number of piperazine rings is 1. The summed E-state index contributed by atoms with van der Waals surface area (Å²) in [6.45, 7) is 6.02. The number of carbonyl (C=O) groups excluding carboxylic acids is 1. The van der Waals surface area contributed by atoms with Gasteiger partial charge in [-0.1, -0.05) is 0 Å². The Balaban J connectivity index is 1.79. The lowest BCUT2D eigenvalue weighted by atomic mass is 10.0. The summed E-state index contributed by atoms with van der Waals surface area (Å²) in [5.74, 6) is 0.173. The summed E-state index contributed by atoms with van der Waals surface area (Å²) < 4.78 is 26.4. The van der Waals surface area contributed by atoms with E-state index in [9.17, 15) is 13.2 Å². The molecule has 140 valence electrons. The summed E-state index contributed by atoms with van der Waals surface area (Å²) in [6, 6.07) is -0.235. The second-order valence-electron chi connectivity index (χ2n) is 7.47. The number of amides is 2. The minimum atomic E-state index is -3.13. The second-order valence-corrected chi connectivity index (χ2v) is 9.63. The van der Waals surface area contributed by atoms with Gasteiger partial charge in [-0.3, -0.25) is 9.58 Å². The van der Waals surface area contributed by atoms with Gasteiger partial charge < -0.3 is 9.80 Å². The molecule has 3 rings (SSSR count). The largest absolute Gasteiger partial charge is 0.331 e. The van der Waals surface area contributed by atoms with Crippen molar-refractivity contribution in [2.75, 3.05) is 38.7 Å². The van der Waals surface area contributed by atoms with Gasteiger partial charge in [0.05, 0.1) is 23.7 Å². The van der Waals surface area contributed by atoms with Crippen LogP contribution in [0.15, 0.2) is 12.4 Å². The summed E-state index contributed by atoms with van der Waals surface area (Å²) in [5.41, 5.74) is 1.07. The SMILES string of the molecule is CC(C)n1cc(CN2CCN(C(=O)N(C)C)[C@@H]3CS(=O)(=O)C[C@@H]32)cn1. The van der Waals surface area contributed by atoms with Crippen LogP contribution in [-0.4, -0.2) is 89.7 Å². The Labute approximate surface area is 149 Å². The monoisotopic (exact) mass is 369 g/mol. The van der Waals surface area contributed by atoms with Gasteiger partial charge in [0.1, 0.15) is 0 Å². The highest BCUT2D eigenvalue weighted by Crippen LogP contribution is 2.28. The molecule has 0 aromatic carbocycles. The van der Waals surface area contributed by atoms with Gasteiger partial charge in [-0.15, -0.1) is 0 Å². The van der Waals surface area contributed by atoms with Gasteiger partial charge in [0.2, 0.25) is 0 Å². The highest BCUT2D eigenvalue weighted by molar-refractivity contribution is 7.91. The molecule has 1 aromatic rings. The molecule has 2 amide bonds. The lowest BCUT2D eigenvalue weighted by Crippen LogP contribution is -2.61. The molecule has 0 N–H and O–H groups in total. The molecule has 9 heteroatoms. The summed E-state index contributed by atoms with van der Waals surface area (Å²) in [4.78, 5) is 17.9. The minimum Gasteiger partial charge on any atom is -0.331 e. The fourth-order valence-electron chi connectivity index (χ4n) is 3.69. The van der Waals surface area contributed by atoms with Crippen LogP contribution in [0.25, 0.3) is 0 Å². The van der Waals surface area contributed by atoms with Crippen molar-refractivity contribution >= 4 is 15.9 Å². The third kappa shape index (κ3) is 3.67. The number of sulfone groups is 1. The molecule has 2 fully saturated rings. The molecule has 2 atom stereocenters. The number of aromatic nitrogens is 2. The van der Waals surface area contributed by atoms with E-state index in [1.54, 1.807) is 19.0 Å². The third-order valence-corrected chi connectivity index (χ3v) is 6.69. The Kier molecular flexibility index (Phi) is 4.80. The zero-order chi connectivity index (χ0) is 18.4. The van der Waals surface area contributed by atoms with E-state index in [1.807, 2.05) is 17.1 Å². The maximum atomic E-state index is 12.4. The Hall–Kier alpha value is -1.61. The summed E-state index contributed by atoms with van der Waals surface area (Å²) in [6.07, 6.45) is 3.86. The first-order valence-electron chi connectivity index (χ1n) is 8.63. The number of urea groups is 1. The molecular formula is C16H27N5O3S. The number of fused-ring (bicyclic) bond motifs is 1. The molecular weight excluding hydrogens is 342 g/mol. The molecule has 2 saturated heterocycles. The van der Waals surface area contributed by atoms with Crippen molar-refractivity contribution in [3.63, 3.8) is 0 Å². The molecule has 2 aliphatic rings. The van der Waals surface area contributed by atoms with Gasteiger partial charge in [0.15, 0.2) is 9.84 Å². The van der Waals surface area contributed by atoms with Crippen LogP contribution in [0.3, 0.4) is 0 Å². The van der Waals surface area contributed by atoms with Crippen molar-refractivity contribution in [2.24, 2.45) is 0 Å². The van der Waals surface area contributed by atoms with E-state index in [0.29, 0.717) is 25.7 Å². The summed E-state index contributed by atoms with van der Waals surface area (Å²) in [7, 11) is 0.274. The molecule has 2 aliphatic heterocycles. The van der Waals surface area contributed by atoms with Crippen molar-refractivity contribution in [3.05, 3.63) is 18.0 Å². The molecule has 8 nitrogen and oxygen atoms in total. The Morgan fingerprint density at radius 3 is 2.56 bits per heavy atom. The minimum absolute atomic E-state index is 0.0546. The fraction of sp³-hybridized carbons (Fsp3) is 0.750. The van der Waals surface area contributed by atoms with E-state index in [2.05, 4.69) is 23.8 Å². The van der Waals surface area contributed by atoms with Crippen LogP contribution in [-0.2, 0) is 16.4 Å². The molecule has 0 aliphatic carbocycles. The smallest absolute Gasteiger partial charge is 0.319 e. The number of rotatable bonds is 3. The Morgan fingerprint density at radius 2 is 1.96 bits per heavy atom. The Morgan fingerprint density at radius 1 is 1.28 bits per heavy atom. The van der Waals surface area contributed by atoms with Crippen molar-refractivity contribution in [2.45, 2.75) is 38.5 Å². The van der Waals surface area contributed by atoms with Crippen LogP contribution >= 0.6 is 0 Å². The molecule has 0 spiro atoms. The number of nitrogens with zero attached hydrogens (tertiary/aromatic N) is 5. The van der Waals surface area contributed by atoms with Gasteiger partial charge in [-0.05, 0) is 13.8 Å². The van der Waals surface area contributed by atoms with Crippen LogP contribution in [0.1, 0.15) is 25.5 Å². The maximum Gasteiger partial charge on any atom is 0.319 e. The third-order valence-electron chi connectivity index (χ3n) is 4.99. The lowest BCUT2D eigenvalue weighted by molar-refractivity contribution is 0.0520. The summed E-state index contributed by atoms with van der Waals surface area (Å²) >= 11 is 0. The Bertz CT molecular complexity index is 743. The van der Waals surface area contributed by atoms with E-state index in [-0.39, 0.29) is 29.6 Å². The molecule has 0 unspecified atom stereocenters. The van der Waals surface area contributed by atoms with Crippen molar-refractivity contribution in [3.8, 4) is 0 Å². The van der Waals surface area contributed by atoms with Crippen molar-refractivity contribution in [1.82, 2.24) is 24.5 Å². The van der Waals surface area contributed by atoms with Crippen LogP contribution in [0.2, 0.25) is 0 Å². The lowest BCUT2D eigenvalue weighted by Gasteiger charge is -2.44. The number of carbonyl (C=O) groups is 1. The van der Waals surface area contributed by atoms with Crippen molar-refractivity contribution in [1.29, 1.82) is 0 Å². The zero-order valence-corrected chi connectivity index (χ0v) is 16.1. The van der Waals surface area contributed by atoms with E-state index in [0.717, 1.165) is 5.56 Å². The van der Waals surface area contributed by atoms with E-state index in [4.69, 9.17) is 0 Å². The number of hydrogen-bond donors (Lipinski definition) is 0. The van der Waals surface area contributed by atoms with Gasteiger partial charge in [-0.25, -0.2) is 13.2 Å². The van der Waals surface area contributed by atoms with Gasteiger partial charge >= 0.3 is 6.03 Å². The van der Waals surface area contributed by atoms with Crippen LogP contribution in [0.4, 0.5) is 4.79 Å². The second kappa shape index (κ2) is 6.60. The first-order valence-corrected chi connectivity index (χ1v) is 10.5. The predicted octanol–water partition coefficient (Wildman–Crippen LogP) is 0.429. The molecule has 3 heterocycles. The van der Waals surface area contributed by atoms with E-state index >= 15 is 0 Å². The molecule has 0 bridgehead atoms. The molecule has 1 aromatic heterocycles. The zero-order valence-electron chi connectivity index (χ0n) is 15.3. The molecule has 25 heavy (non-hydrogen) atoms. The average molecular weight is 369 g/mol. The van der Waals surface area contributed by atoms with E-state index in [1.165, 1.54) is 4.90 Å². The molecule has 0 radical (unpaired) electrons. The summed E-state index contributed by atoms with van der Waals surface area (Å²) in [5, 5.41) is 4.36. The highest BCUT2D eigenvalue weighted by Gasteiger charge is 2.48. The quantitative estimate of drug-likeness (QED) is 0.772. The highest BCUT2D eigenvalue weighted by atomic mass is 32.2. The maximum absolute atomic E-state index is 12.4. The van der Waals surface area contributed by atoms with Crippen LogP contribution in [0, 0.1) is 0 Å². The standard InChI is InChI=1S/C16H27N5O3S/c1-12(2)21-9-13(7-17-21)8-19-5-6-20(16(22)18(3)4)15-11-25(23,24)10-14(15)19/h7,9,12,14-15H,5-6,8,10-11H2,1-4H3/t14-,15+/m0/s1. The van der Waals surface area contributed by atoms with E-state index < -0.39 is 9.84 Å². The van der Waals surface area contributed by atoms with Gasteiger partial charge in [-0.2, -0.15) is 5.10 Å². The topological polar surface area (TPSA) is 78.8 Å². The van der Waals surface area contributed by atoms with Crippen molar-refractivity contribution < 1.29 is 13.2 Å². The number of hydrogen-bond acceptors (Lipinski definition) is 5. The predicted molar refractivity (Wildman–Crippen MR) is 95.0 cm³/mol.